The van der Waals surface area contributed by atoms with Crippen LogP contribution in [0.5, 0.6) is 5.75 Å². The summed E-state index contributed by atoms with van der Waals surface area (Å²) in [7, 11) is 0. The van der Waals surface area contributed by atoms with Gasteiger partial charge in [-0.2, -0.15) is 4.98 Å². The number of carbonyl (C=O) groups excluding carboxylic acids is 1. The normalized spacial score (nSPS) is 10.8. The number of benzene rings is 1. The highest BCUT2D eigenvalue weighted by molar-refractivity contribution is 9.11. The van der Waals surface area contributed by atoms with Gasteiger partial charge in [-0.25, -0.2) is 0 Å². The summed E-state index contributed by atoms with van der Waals surface area (Å²) in [5.41, 5.74) is 0.553. The highest BCUT2D eigenvalue weighted by Gasteiger charge is 2.13. The zero-order valence-electron chi connectivity index (χ0n) is 10.9. The topological polar surface area (TPSA) is 65.2 Å². The molecule has 0 aliphatic heterocycles. The Labute approximate surface area is 133 Å². The van der Waals surface area contributed by atoms with Crippen molar-refractivity contribution < 1.29 is 14.1 Å². The molecule has 0 fully saturated rings. The van der Waals surface area contributed by atoms with Gasteiger partial charge in [-0.3, -0.25) is 4.79 Å². The Morgan fingerprint density at radius 3 is 2.50 bits per heavy atom. The lowest BCUT2D eigenvalue weighted by Gasteiger charge is -2.09. The number of aromatic nitrogens is 2. The van der Waals surface area contributed by atoms with Gasteiger partial charge < -0.3 is 9.26 Å². The summed E-state index contributed by atoms with van der Waals surface area (Å²) in [6.45, 7) is 4.14. The van der Waals surface area contributed by atoms with Crippen molar-refractivity contribution in [3.63, 3.8) is 0 Å². The average Bonchev–Trinajstić information content (AvgIpc) is 2.86. The van der Waals surface area contributed by atoms with Crippen molar-refractivity contribution in [1.82, 2.24) is 10.1 Å². The van der Waals surface area contributed by atoms with Crippen LogP contribution in [0, 0.1) is 0 Å². The SMILES string of the molecule is CC(C)c1nc(COc2c(Br)cc(C=O)cc2Br)no1. The zero-order valence-corrected chi connectivity index (χ0v) is 14.1. The minimum atomic E-state index is 0.182. The molecule has 0 radical (unpaired) electrons. The van der Waals surface area contributed by atoms with Crippen molar-refractivity contribution in [2.24, 2.45) is 0 Å². The quantitative estimate of drug-likeness (QED) is 0.702. The maximum Gasteiger partial charge on any atom is 0.229 e. The molecule has 20 heavy (non-hydrogen) atoms. The number of halogens is 2. The van der Waals surface area contributed by atoms with Crippen LogP contribution in [-0.4, -0.2) is 16.4 Å². The first-order valence-electron chi connectivity index (χ1n) is 5.90. The number of ether oxygens (including phenoxy) is 1. The molecule has 2 rings (SSSR count). The van der Waals surface area contributed by atoms with Crippen molar-refractivity contribution >= 4 is 38.1 Å². The standard InChI is InChI=1S/C13H12Br2N2O3/c1-7(2)13-16-11(17-20-13)6-19-12-9(14)3-8(5-18)4-10(12)15/h3-5,7H,6H2,1-2H3. The Hall–Kier alpha value is -1.21. The van der Waals surface area contributed by atoms with E-state index in [1.54, 1.807) is 12.1 Å². The molecule has 0 saturated carbocycles. The smallest absolute Gasteiger partial charge is 0.229 e. The third-order valence-corrected chi connectivity index (χ3v) is 3.66. The van der Waals surface area contributed by atoms with Gasteiger partial charge in [0.15, 0.2) is 6.61 Å². The van der Waals surface area contributed by atoms with Gasteiger partial charge >= 0.3 is 0 Å². The maximum absolute atomic E-state index is 10.8. The Balaban J connectivity index is 2.12. The van der Waals surface area contributed by atoms with E-state index < -0.39 is 0 Å². The molecule has 0 spiro atoms. The third-order valence-electron chi connectivity index (χ3n) is 2.48. The lowest BCUT2D eigenvalue weighted by molar-refractivity contribution is 0.112. The fraction of sp³-hybridized carbons (Fsp3) is 0.308. The molecule has 0 bridgehead atoms. The molecule has 0 atom stereocenters. The molecule has 1 heterocycles. The molecule has 1 aromatic heterocycles. The second-order valence-corrected chi connectivity index (χ2v) is 6.13. The molecule has 0 amide bonds. The summed E-state index contributed by atoms with van der Waals surface area (Å²) in [5.74, 6) is 1.83. The van der Waals surface area contributed by atoms with Crippen LogP contribution >= 0.6 is 31.9 Å². The van der Waals surface area contributed by atoms with E-state index in [-0.39, 0.29) is 12.5 Å². The lowest BCUT2D eigenvalue weighted by Crippen LogP contribution is -2.00. The molecular weight excluding hydrogens is 392 g/mol. The summed E-state index contributed by atoms with van der Waals surface area (Å²) >= 11 is 6.73. The van der Waals surface area contributed by atoms with E-state index in [2.05, 4.69) is 42.0 Å². The molecule has 106 valence electrons. The predicted octanol–water partition coefficient (Wildman–Crippen LogP) is 4.11. The van der Waals surface area contributed by atoms with Crippen LogP contribution in [0.1, 0.15) is 41.8 Å². The summed E-state index contributed by atoms with van der Waals surface area (Å²) in [6, 6.07) is 3.37. The van der Waals surface area contributed by atoms with E-state index in [0.29, 0.717) is 32.0 Å². The average molecular weight is 404 g/mol. The number of aldehydes is 1. The van der Waals surface area contributed by atoms with Crippen molar-refractivity contribution in [2.75, 3.05) is 0 Å². The minimum Gasteiger partial charge on any atom is -0.483 e. The molecule has 1 aromatic carbocycles. The molecule has 0 N–H and O–H groups in total. The first-order valence-corrected chi connectivity index (χ1v) is 7.49. The van der Waals surface area contributed by atoms with Crippen LogP contribution in [0.15, 0.2) is 25.6 Å². The van der Waals surface area contributed by atoms with Gasteiger partial charge in [-0.1, -0.05) is 19.0 Å². The van der Waals surface area contributed by atoms with Gasteiger partial charge in [-0.05, 0) is 44.0 Å². The molecule has 2 aromatic rings. The Kier molecular flexibility index (Phi) is 4.93. The molecule has 5 nitrogen and oxygen atoms in total. The molecule has 0 unspecified atom stereocenters. The van der Waals surface area contributed by atoms with Gasteiger partial charge in [-0.15, -0.1) is 0 Å². The van der Waals surface area contributed by atoms with Crippen LogP contribution in [-0.2, 0) is 6.61 Å². The van der Waals surface area contributed by atoms with E-state index in [4.69, 9.17) is 9.26 Å². The van der Waals surface area contributed by atoms with E-state index >= 15 is 0 Å². The van der Waals surface area contributed by atoms with Crippen LogP contribution in [0.2, 0.25) is 0 Å². The zero-order chi connectivity index (χ0) is 14.7. The number of carbonyl (C=O) groups is 1. The second-order valence-electron chi connectivity index (χ2n) is 4.42. The second kappa shape index (κ2) is 6.49. The van der Waals surface area contributed by atoms with Crippen molar-refractivity contribution in [3.05, 3.63) is 38.4 Å². The highest BCUT2D eigenvalue weighted by Crippen LogP contribution is 2.34. The highest BCUT2D eigenvalue weighted by atomic mass is 79.9. The van der Waals surface area contributed by atoms with E-state index in [0.717, 1.165) is 6.29 Å². The van der Waals surface area contributed by atoms with Crippen LogP contribution in [0.3, 0.4) is 0 Å². The fourth-order valence-electron chi connectivity index (χ4n) is 1.48. The largest absolute Gasteiger partial charge is 0.483 e. The van der Waals surface area contributed by atoms with Gasteiger partial charge in [0.05, 0.1) is 8.95 Å². The van der Waals surface area contributed by atoms with Gasteiger partial charge in [0.2, 0.25) is 11.7 Å². The summed E-state index contributed by atoms with van der Waals surface area (Å²) in [5, 5.41) is 3.85. The fourth-order valence-corrected chi connectivity index (χ4v) is 2.93. The molecule has 0 aliphatic carbocycles. The number of nitrogens with zero attached hydrogens (tertiary/aromatic N) is 2. The monoisotopic (exact) mass is 402 g/mol. The molecular formula is C13H12Br2N2O3. The maximum atomic E-state index is 10.8. The first-order chi connectivity index (χ1) is 9.51. The van der Waals surface area contributed by atoms with Crippen LogP contribution in [0.25, 0.3) is 0 Å². The Morgan fingerprint density at radius 1 is 1.35 bits per heavy atom. The van der Waals surface area contributed by atoms with Crippen LogP contribution < -0.4 is 4.74 Å². The minimum absolute atomic E-state index is 0.182. The molecule has 0 aliphatic rings. The van der Waals surface area contributed by atoms with Crippen molar-refractivity contribution in [1.29, 1.82) is 0 Å². The van der Waals surface area contributed by atoms with E-state index in [9.17, 15) is 4.79 Å². The number of hydrogen-bond donors (Lipinski definition) is 0. The molecule has 7 heteroatoms. The number of hydrogen-bond acceptors (Lipinski definition) is 5. The summed E-state index contributed by atoms with van der Waals surface area (Å²) in [4.78, 5) is 15.0. The van der Waals surface area contributed by atoms with E-state index in [1.165, 1.54) is 0 Å². The summed E-state index contributed by atoms with van der Waals surface area (Å²) < 4.78 is 12.1. The van der Waals surface area contributed by atoms with Crippen molar-refractivity contribution in [2.45, 2.75) is 26.4 Å². The van der Waals surface area contributed by atoms with E-state index in [1.807, 2.05) is 13.8 Å². The van der Waals surface area contributed by atoms with Gasteiger partial charge in [0.1, 0.15) is 12.0 Å². The van der Waals surface area contributed by atoms with Crippen molar-refractivity contribution in [3.8, 4) is 5.75 Å². The Morgan fingerprint density at radius 2 is 2.00 bits per heavy atom. The summed E-state index contributed by atoms with van der Waals surface area (Å²) in [6.07, 6.45) is 0.771. The number of rotatable bonds is 5. The predicted molar refractivity (Wildman–Crippen MR) is 79.9 cm³/mol. The lowest BCUT2D eigenvalue weighted by atomic mass is 10.2. The van der Waals surface area contributed by atoms with Crippen LogP contribution in [0.4, 0.5) is 0 Å². The Bertz CT molecular complexity index is 603. The first kappa shape index (κ1) is 15.2. The van der Waals surface area contributed by atoms with Gasteiger partial charge in [0, 0.05) is 11.5 Å². The third kappa shape index (κ3) is 3.46. The molecule has 0 saturated heterocycles. The van der Waals surface area contributed by atoms with Gasteiger partial charge in [0.25, 0.3) is 0 Å².